The lowest BCUT2D eigenvalue weighted by Gasteiger charge is -2.41. The highest BCUT2D eigenvalue weighted by molar-refractivity contribution is 4.88. The Morgan fingerprint density at radius 1 is 1.50 bits per heavy atom. The minimum absolute atomic E-state index is 0.367. The largest absolute Gasteiger partial charge is 0.389 e. The third kappa shape index (κ3) is 3.23. The van der Waals surface area contributed by atoms with Crippen molar-refractivity contribution in [1.82, 2.24) is 5.32 Å². The first kappa shape index (κ1) is 12.0. The van der Waals surface area contributed by atoms with E-state index in [1.165, 1.54) is 25.7 Å². The summed E-state index contributed by atoms with van der Waals surface area (Å²) in [7, 11) is 1.61. The van der Waals surface area contributed by atoms with Crippen molar-refractivity contribution in [3.8, 4) is 0 Å². The van der Waals surface area contributed by atoms with Gasteiger partial charge in [-0.3, -0.25) is 0 Å². The van der Waals surface area contributed by atoms with Gasteiger partial charge in [-0.25, -0.2) is 0 Å². The second-order valence-corrected chi connectivity index (χ2v) is 4.45. The minimum Gasteiger partial charge on any atom is -0.389 e. The smallest absolute Gasteiger partial charge is 0.0897 e. The van der Waals surface area contributed by atoms with Gasteiger partial charge < -0.3 is 15.2 Å². The molecule has 1 rings (SSSR count). The Hall–Kier alpha value is -0.120. The van der Waals surface area contributed by atoms with Gasteiger partial charge in [0, 0.05) is 20.2 Å². The summed E-state index contributed by atoms with van der Waals surface area (Å²) < 4.78 is 4.86. The number of nitrogens with one attached hydrogen (secondary N) is 1. The summed E-state index contributed by atoms with van der Waals surface area (Å²) in [6.07, 6.45) is 4.94. The fourth-order valence-electron chi connectivity index (χ4n) is 2.09. The second-order valence-electron chi connectivity index (χ2n) is 4.45. The van der Waals surface area contributed by atoms with Crippen molar-refractivity contribution in [3.63, 3.8) is 0 Å². The van der Waals surface area contributed by atoms with E-state index in [1.54, 1.807) is 7.11 Å². The van der Waals surface area contributed by atoms with Crippen LogP contribution in [0.15, 0.2) is 0 Å². The maximum Gasteiger partial charge on any atom is 0.0897 e. The predicted octanol–water partition coefficient (Wildman–Crippen LogP) is 1.16. The number of hydrogen-bond acceptors (Lipinski definition) is 3. The first-order chi connectivity index (χ1) is 6.72. The summed E-state index contributed by atoms with van der Waals surface area (Å²) >= 11 is 0. The van der Waals surface area contributed by atoms with E-state index in [2.05, 4.69) is 12.2 Å². The molecule has 0 aliphatic heterocycles. The lowest BCUT2D eigenvalue weighted by Crippen LogP contribution is -2.42. The van der Waals surface area contributed by atoms with E-state index in [0.717, 1.165) is 6.54 Å². The van der Waals surface area contributed by atoms with Crippen LogP contribution in [-0.2, 0) is 4.74 Å². The van der Waals surface area contributed by atoms with Crippen molar-refractivity contribution in [2.24, 2.45) is 5.41 Å². The van der Waals surface area contributed by atoms with Crippen LogP contribution in [0.5, 0.6) is 0 Å². The molecule has 3 nitrogen and oxygen atoms in total. The molecule has 3 heteroatoms. The monoisotopic (exact) mass is 201 g/mol. The Morgan fingerprint density at radius 3 is 2.64 bits per heavy atom. The molecule has 14 heavy (non-hydrogen) atoms. The third-order valence-electron chi connectivity index (χ3n) is 3.40. The SMILES string of the molecule is CCC1(CNCC(O)COC)CCC1. The number of hydrogen-bond donors (Lipinski definition) is 2. The molecule has 0 saturated heterocycles. The molecule has 0 amide bonds. The zero-order chi connectivity index (χ0) is 10.4. The lowest BCUT2D eigenvalue weighted by molar-refractivity contribution is 0.0568. The molecule has 0 radical (unpaired) electrons. The molecule has 1 unspecified atom stereocenters. The van der Waals surface area contributed by atoms with Crippen LogP contribution < -0.4 is 5.32 Å². The van der Waals surface area contributed by atoms with Gasteiger partial charge in [-0.05, 0) is 24.7 Å². The topological polar surface area (TPSA) is 41.5 Å². The Morgan fingerprint density at radius 2 is 2.21 bits per heavy atom. The molecule has 0 aromatic heterocycles. The standard InChI is InChI=1S/C11H23NO2/c1-3-11(5-4-6-11)9-12-7-10(13)8-14-2/h10,12-13H,3-9H2,1-2H3. The van der Waals surface area contributed by atoms with Crippen LogP contribution in [0, 0.1) is 5.41 Å². The van der Waals surface area contributed by atoms with Gasteiger partial charge in [0.2, 0.25) is 0 Å². The zero-order valence-electron chi connectivity index (χ0n) is 9.38. The maximum absolute atomic E-state index is 9.42. The molecule has 0 aromatic rings. The normalized spacial score (nSPS) is 21.6. The molecule has 0 aromatic carbocycles. The van der Waals surface area contributed by atoms with Gasteiger partial charge in [-0.1, -0.05) is 13.3 Å². The van der Waals surface area contributed by atoms with Crippen molar-refractivity contribution in [2.45, 2.75) is 38.7 Å². The average Bonchev–Trinajstić information content (AvgIpc) is 2.10. The fraction of sp³-hybridized carbons (Fsp3) is 1.00. The second kappa shape index (κ2) is 5.69. The van der Waals surface area contributed by atoms with Crippen molar-refractivity contribution in [2.75, 3.05) is 26.8 Å². The molecule has 2 N–H and O–H groups in total. The number of methoxy groups -OCH3 is 1. The summed E-state index contributed by atoms with van der Waals surface area (Å²) in [5, 5.41) is 12.8. The van der Waals surface area contributed by atoms with E-state index in [9.17, 15) is 5.11 Å². The van der Waals surface area contributed by atoms with Crippen LogP contribution in [-0.4, -0.2) is 38.0 Å². The molecule has 1 aliphatic carbocycles. The highest BCUT2D eigenvalue weighted by Gasteiger charge is 2.34. The fourth-order valence-corrected chi connectivity index (χ4v) is 2.09. The summed E-state index contributed by atoms with van der Waals surface area (Å²) in [6.45, 7) is 4.37. The van der Waals surface area contributed by atoms with Crippen molar-refractivity contribution in [3.05, 3.63) is 0 Å². The van der Waals surface area contributed by atoms with Gasteiger partial charge in [0.05, 0.1) is 12.7 Å². The summed E-state index contributed by atoms with van der Waals surface area (Å²) in [5.74, 6) is 0. The molecule has 1 fully saturated rings. The van der Waals surface area contributed by atoms with Crippen LogP contribution >= 0.6 is 0 Å². The van der Waals surface area contributed by atoms with Gasteiger partial charge in [-0.15, -0.1) is 0 Å². The number of ether oxygens (including phenoxy) is 1. The number of rotatable bonds is 7. The Balaban J connectivity index is 2.08. The van der Waals surface area contributed by atoms with Gasteiger partial charge >= 0.3 is 0 Å². The molecular weight excluding hydrogens is 178 g/mol. The first-order valence-electron chi connectivity index (χ1n) is 5.60. The third-order valence-corrected chi connectivity index (χ3v) is 3.40. The quantitative estimate of drug-likeness (QED) is 0.649. The molecule has 0 bridgehead atoms. The molecule has 1 atom stereocenters. The van der Waals surface area contributed by atoms with Gasteiger partial charge in [0.15, 0.2) is 0 Å². The van der Waals surface area contributed by atoms with E-state index in [0.29, 0.717) is 18.6 Å². The first-order valence-corrected chi connectivity index (χ1v) is 5.60. The van der Waals surface area contributed by atoms with Crippen LogP contribution in [0.25, 0.3) is 0 Å². The van der Waals surface area contributed by atoms with Crippen molar-refractivity contribution >= 4 is 0 Å². The minimum atomic E-state index is -0.367. The highest BCUT2D eigenvalue weighted by Crippen LogP contribution is 2.42. The van der Waals surface area contributed by atoms with Crippen molar-refractivity contribution < 1.29 is 9.84 Å². The summed E-state index contributed by atoms with van der Waals surface area (Å²) in [5.41, 5.74) is 0.535. The van der Waals surface area contributed by atoms with E-state index in [4.69, 9.17) is 4.74 Å². The van der Waals surface area contributed by atoms with Crippen LogP contribution in [0.3, 0.4) is 0 Å². The van der Waals surface area contributed by atoms with E-state index < -0.39 is 0 Å². The van der Waals surface area contributed by atoms with Crippen LogP contribution in [0.4, 0.5) is 0 Å². The molecule has 84 valence electrons. The molecular formula is C11H23NO2. The van der Waals surface area contributed by atoms with Gasteiger partial charge in [0.1, 0.15) is 0 Å². The zero-order valence-corrected chi connectivity index (χ0v) is 9.38. The number of aliphatic hydroxyl groups excluding tert-OH is 1. The van der Waals surface area contributed by atoms with E-state index in [-0.39, 0.29) is 6.10 Å². The van der Waals surface area contributed by atoms with E-state index >= 15 is 0 Å². The Bertz CT molecular complexity index is 152. The lowest BCUT2D eigenvalue weighted by atomic mass is 9.67. The number of aliphatic hydroxyl groups is 1. The summed E-state index contributed by atoms with van der Waals surface area (Å²) in [6, 6.07) is 0. The predicted molar refractivity (Wildman–Crippen MR) is 57.3 cm³/mol. The maximum atomic E-state index is 9.42. The molecule has 1 aliphatic rings. The Kier molecular flexibility index (Phi) is 4.85. The van der Waals surface area contributed by atoms with E-state index in [1.807, 2.05) is 0 Å². The molecule has 0 heterocycles. The Labute approximate surface area is 86.8 Å². The van der Waals surface area contributed by atoms with Crippen molar-refractivity contribution in [1.29, 1.82) is 0 Å². The average molecular weight is 201 g/mol. The molecule has 1 saturated carbocycles. The van der Waals surface area contributed by atoms with Gasteiger partial charge in [0.25, 0.3) is 0 Å². The summed E-state index contributed by atoms with van der Waals surface area (Å²) in [4.78, 5) is 0. The van der Waals surface area contributed by atoms with Gasteiger partial charge in [-0.2, -0.15) is 0 Å². The van der Waals surface area contributed by atoms with Crippen LogP contribution in [0.2, 0.25) is 0 Å². The molecule has 0 spiro atoms. The highest BCUT2D eigenvalue weighted by atomic mass is 16.5. The van der Waals surface area contributed by atoms with Crippen LogP contribution in [0.1, 0.15) is 32.6 Å².